The van der Waals surface area contributed by atoms with Crippen LogP contribution < -0.4 is 10.5 Å². The highest BCUT2D eigenvalue weighted by Crippen LogP contribution is 2.43. The first-order chi connectivity index (χ1) is 14.7. The van der Waals surface area contributed by atoms with Crippen molar-refractivity contribution in [3.05, 3.63) is 40.2 Å². The summed E-state index contributed by atoms with van der Waals surface area (Å²) in [5, 5.41) is 8.83. The Bertz CT molecular complexity index is 1160. The van der Waals surface area contributed by atoms with E-state index in [-0.39, 0.29) is 17.8 Å². The zero-order valence-electron chi connectivity index (χ0n) is 17.5. The average molecular weight is 480 g/mol. The average Bonchev–Trinajstić information content (AvgIpc) is 3.33. The quantitative estimate of drug-likeness (QED) is 0.591. The van der Waals surface area contributed by atoms with Gasteiger partial charge in [-0.3, -0.25) is 4.31 Å². The van der Waals surface area contributed by atoms with Crippen molar-refractivity contribution in [2.75, 3.05) is 12.8 Å². The van der Waals surface area contributed by atoms with Gasteiger partial charge in [0.25, 0.3) is 5.89 Å². The predicted octanol–water partition coefficient (Wildman–Crippen LogP) is 4.04. The fourth-order valence-corrected chi connectivity index (χ4v) is 5.92. The summed E-state index contributed by atoms with van der Waals surface area (Å²) in [6.07, 6.45) is 0.0992. The molecule has 2 aromatic heterocycles. The number of aliphatic imine (C=N–C) groups is 1. The van der Waals surface area contributed by atoms with E-state index in [2.05, 4.69) is 15.2 Å². The number of rotatable bonds is 5. The van der Waals surface area contributed by atoms with Crippen LogP contribution in [0.25, 0.3) is 22.2 Å². The maximum Gasteiger partial charge on any atom is 0.258 e. The molecule has 8 nitrogen and oxygen atoms in total. The standard InChI is InChI=1S/C20H22ClN5O3S2/c1-11(2)28-13-7-5-12(6-8-13)17-24-25-18(29-17)15-9-14(21)16(30-15)20(3)10-31(27)26(4)19(22)23-20/h5-9,11H,10H2,1-4H3,(H2,22,23)/t20-,31?/m0/s1. The van der Waals surface area contributed by atoms with Gasteiger partial charge in [-0.1, -0.05) is 11.6 Å². The number of thiophene rings is 1. The van der Waals surface area contributed by atoms with Crippen LogP contribution in [0.5, 0.6) is 5.75 Å². The third-order valence-electron chi connectivity index (χ3n) is 4.68. The van der Waals surface area contributed by atoms with Crippen LogP contribution in [-0.4, -0.2) is 43.6 Å². The van der Waals surface area contributed by atoms with Crippen LogP contribution in [0.1, 0.15) is 25.6 Å². The van der Waals surface area contributed by atoms with Crippen molar-refractivity contribution in [2.45, 2.75) is 32.4 Å². The van der Waals surface area contributed by atoms with Crippen LogP contribution in [-0.2, 0) is 16.5 Å². The van der Waals surface area contributed by atoms with Gasteiger partial charge >= 0.3 is 0 Å². The fourth-order valence-electron chi connectivity index (χ4n) is 3.14. The van der Waals surface area contributed by atoms with E-state index in [0.29, 0.717) is 21.7 Å². The molecule has 1 aliphatic rings. The third-order valence-corrected chi connectivity index (χ3v) is 8.07. The Morgan fingerprint density at radius 2 is 1.97 bits per heavy atom. The van der Waals surface area contributed by atoms with E-state index in [9.17, 15) is 4.21 Å². The molecule has 31 heavy (non-hydrogen) atoms. The van der Waals surface area contributed by atoms with Crippen molar-refractivity contribution in [1.29, 1.82) is 0 Å². The van der Waals surface area contributed by atoms with E-state index >= 15 is 0 Å². The van der Waals surface area contributed by atoms with Crippen molar-refractivity contribution in [1.82, 2.24) is 14.5 Å². The van der Waals surface area contributed by atoms with Gasteiger partial charge in [0.15, 0.2) is 0 Å². The molecule has 0 saturated heterocycles. The van der Waals surface area contributed by atoms with Gasteiger partial charge < -0.3 is 14.9 Å². The van der Waals surface area contributed by atoms with Gasteiger partial charge in [0, 0.05) is 12.6 Å². The largest absolute Gasteiger partial charge is 0.491 e. The molecule has 4 rings (SSSR count). The molecule has 2 atom stereocenters. The Morgan fingerprint density at radius 3 is 2.61 bits per heavy atom. The number of nitrogens with zero attached hydrogens (tertiary/aromatic N) is 4. The van der Waals surface area contributed by atoms with Crippen LogP contribution in [0, 0.1) is 0 Å². The Hall–Kier alpha value is -2.43. The van der Waals surface area contributed by atoms with E-state index < -0.39 is 16.5 Å². The summed E-state index contributed by atoms with van der Waals surface area (Å²) in [6.45, 7) is 5.82. The summed E-state index contributed by atoms with van der Waals surface area (Å²) in [5.74, 6) is 2.01. The summed E-state index contributed by atoms with van der Waals surface area (Å²) >= 11 is 7.89. The first-order valence-electron chi connectivity index (χ1n) is 9.54. The van der Waals surface area contributed by atoms with Gasteiger partial charge in [-0.15, -0.1) is 21.5 Å². The van der Waals surface area contributed by atoms with E-state index in [4.69, 9.17) is 26.5 Å². The van der Waals surface area contributed by atoms with Gasteiger partial charge in [0.2, 0.25) is 11.9 Å². The highest BCUT2D eigenvalue weighted by atomic mass is 35.5. The van der Waals surface area contributed by atoms with Gasteiger partial charge in [-0.05, 0) is 51.1 Å². The SMILES string of the molecule is CC(C)Oc1ccc(-c2nnc(-c3cc(Cl)c([C@]4(C)CS(=O)N(C)C(N)=N4)s3)o2)cc1. The number of aromatic nitrogens is 2. The molecule has 0 radical (unpaired) electrons. The van der Waals surface area contributed by atoms with E-state index in [1.165, 1.54) is 15.6 Å². The van der Waals surface area contributed by atoms with Gasteiger partial charge in [-0.2, -0.15) is 0 Å². The maximum absolute atomic E-state index is 12.4. The normalized spacial score (nSPS) is 21.4. The van der Waals surface area contributed by atoms with Crippen LogP contribution in [0.2, 0.25) is 5.02 Å². The molecule has 0 bridgehead atoms. The Morgan fingerprint density at radius 1 is 1.29 bits per heavy atom. The monoisotopic (exact) mass is 479 g/mol. The molecule has 0 spiro atoms. The minimum absolute atomic E-state index is 0.0992. The fraction of sp³-hybridized carbons (Fsp3) is 0.350. The molecule has 3 heterocycles. The second kappa shape index (κ2) is 8.25. The minimum atomic E-state index is -1.29. The topological polar surface area (TPSA) is 107 Å². The number of hydrogen-bond donors (Lipinski definition) is 1. The van der Waals surface area contributed by atoms with Crippen molar-refractivity contribution in [3.63, 3.8) is 0 Å². The smallest absolute Gasteiger partial charge is 0.258 e. The first-order valence-corrected chi connectivity index (χ1v) is 12.0. The molecular weight excluding hydrogens is 458 g/mol. The number of benzene rings is 1. The lowest BCUT2D eigenvalue weighted by molar-refractivity contribution is 0.242. The highest BCUT2D eigenvalue weighted by Gasteiger charge is 2.39. The number of halogens is 1. The number of ether oxygens (including phenoxy) is 1. The lowest BCUT2D eigenvalue weighted by Gasteiger charge is -2.33. The second-order valence-corrected chi connectivity index (χ2v) is 10.5. The van der Waals surface area contributed by atoms with E-state index in [1.54, 1.807) is 13.1 Å². The maximum atomic E-state index is 12.4. The van der Waals surface area contributed by atoms with Crippen molar-refractivity contribution < 1.29 is 13.4 Å². The Balaban J connectivity index is 1.61. The van der Waals surface area contributed by atoms with Crippen LogP contribution in [0.4, 0.5) is 0 Å². The zero-order valence-corrected chi connectivity index (χ0v) is 19.8. The summed E-state index contributed by atoms with van der Waals surface area (Å²) in [6, 6.07) is 9.23. The molecule has 164 valence electrons. The lowest BCUT2D eigenvalue weighted by atomic mass is 10.0. The molecule has 11 heteroatoms. The predicted molar refractivity (Wildman–Crippen MR) is 124 cm³/mol. The molecule has 1 aromatic carbocycles. The minimum Gasteiger partial charge on any atom is -0.491 e. The molecule has 1 unspecified atom stereocenters. The van der Waals surface area contributed by atoms with Crippen LogP contribution in [0.3, 0.4) is 0 Å². The Labute approximate surface area is 191 Å². The number of hydrogen-bond acceptors (Lipinski definition) is 8. The number of guanidine groups is 1. The van der Waals surface area contributed by atoms with Gasteiger partial charge in [-0.25, -0.2) is 9.20 Å². The van der Waals surface area contributed by atoms with Gasteiger partial charge in [0.05, 0.1) is 26.6 Å². The molecule has 0 aliphatic carbocycles. The van der Waals surface area contributed by atoms with Crippen molar-refractivity contribution in [2.24, 2.45) is 10.7 Å². The second-order valence-electron chi connectivity index (χ2n) is 7.60. The van der Waals surface area contributed by atoms with Crippen molar-refractivity contribution in [3.8, 4) is 28.0 Å². The van der Waals surface area contributed by atoms with E-state index in [0.717, 1.165) is 16.2 Å². The Kier molecular flexibility index (Phi) is 5.80. The lowest BCUT2D eigenvalue weighted by Crippen LogP contribution is -2.47. The molecule has 0 saturated carbocycles. The number of nitrogens with two attached hydrogens (primary N) is 1. The summed E-state index contributed by atoms with van der Waals surface area (Å²) in [7, 11) is 0.359. The molecule has 0 amide bonds. The summed E-state index contributed by atoms with van der Waals surface area (Å²) in [4.78, 5) is 6.00. The molecular formula is C20H22ClN5O3S2. The van der Waals surface area contributed by atoms with Gasteiger partial charge in [0.1, 0.15) is 22.3 Å². The molecule has 2 N–H and O–H groups in total. The molecule has 1 aliphatic heterocycles. The third kappa shape index (κ3) is 4.32. The summed E-state index contributed by atoms with van der Waals surface area (Å²) < 4.78 is 25.4. The molecule has 0 fully saturated rings. The highest BCUT2D eigenvalue weighted by molar-refractivity contribution is 7.83. The van der Waals surface area contributed by atoms with Crippen molar-refractivity contribution >= 4 is 39.9 Å². The summed E-state index contributed by atoms with van der Waals surface area (Å²) in [5.41, 5.74) is 5.94. The van der Waals surface area contributed by atoms with Crippen LogP contribution >= 0.6 is 22.9 Å². The molecule has 3 aromatic rings. The first kappa shape index (κ1) is 21.8. The van der Waals surface area contributed by atoms with E-state index in [1.807, 2.05) is 45.0 Å². The zero-order chi connectivity index (χ0) is 22.3. The van der Waals surface area contributed by atoms with Crippen LogP contribution in [0.15, 0.2) is 39.7 Å².